The number of rotatable bonds is 3. The van der Waals surface area contributed by atoms with Crippen molar-refractivity contribution in [3.05, 3.63) is 28.8 Å². The van der Waals surface area contributed by atoms with Gasteiger partial charge in [0, 0.05) is 52.9 Å². The first-order chi connectivity index (χ1) is 9.31. The fourth-order valence-electron chi connectivity index (χ4n) is 1.95. The minimum Gasteiger partial charge on any atom is -0.339 e. The standard InChI is InChI=1S/C12H13BrN4OS/c13-9-3-8(5-14-6-9)12-16-11(18-17-12)4-10-7-19-2-1-15-10/h3,5-6,10,15H,1-2,4,7H2. The predicted molar refractivity (Wildman–Crippen MR) is 78.0 cm³/mol. The Balaban J connectivity index is 1.72. The summed E-state index contributed by atoms with van der Waals surface area (Å²) in [4.78, 5) is 8.53. The van der Waals surface area contributed by atoms with Gasteiger partial charge in [-0.25, -0.2) is 0 Å². The Morgan fingerprint density at radius 1 is 1.47 bits per heavy atom. The summed E-state index contributed by atoms with van der Waals surface area (Å²) in [7, 11) is 0. The summed E-state index contributed by atoms with van der Waals surface area (Å²) in [5.41, 5.74) is 0.857. The van der Waals surface area contributed by atoms with E-state index in [1.54, 1.807) is 12.4 Å². The molecule has 0 bridgehead atoms. The van der Waals surface area contributed by atoms with Crippen molar-refractivity contribution in [2.24, 2.45) is 0 Å². The summed E-state index contributed by atoms with van der Waals surface area (Å²) in [5.74, 6) is 3.54. The highest BCUT2D eigenvalue weighted by molar-refractivity contribution is 9.10. The van der Waals surface area contributed by atoms with Crippen LogP contribution in [0.25, 0.3) is 11.4 Å². The van der Waals surface area contributed by atoms with Crippen LogP contribution in [0.4, 0.5) is 0 Å². The van der Waals surface area contributed by atoms with Gasteiger partial charge in [0.1, 0.15) is 0 Å². The van der Waals surface area contributed by atoms with E-state index in [9.17, 15) is 0 Å². The summed E-state index contributed by atoms with van der Waals surface area (Å²) >= 11 is 5.34. The summed E-state index contributed by atoms with van der Waals surface area (Å²) in [6.45, 7) is 1.05. The lowest BCUT2D eigenvalue weighted by atomic mass is 10.2. The van der Waals surface area contributed by atoms with Crippen LogP contribution < -0.4 is 5.32 Å². The molecule has 1 unspecified atom stereocenters. The molecule has 0 saturated carbocycles. The van der Waals surface area contributed by atoms with Crippen LogP contribution in [0.3, 0.4) is 0 Å². The van der Waals surface area contributed by atoms with E-state index in [0.29, 0.717) is 17.8 Å². The van der Waals surface area contributed by atoms with E-state index >= 15 is 0 Å². The molecule has 1 saturated heterocycles. The lowest BCUT2D eigenvalue weighted by Gasteiger charge is -2.21. The molecule has 0 amide bonds. The lowest BCUT2D eigenvalue weighted by Crippen LogP contribution is -2.38. The molecule has 3 heterocycles. The topological polar surface area (TPSA) is 63.8 Å². The van der Waals surface area contributed by atoms with Crippen molar-refractivity contribution >= 4 is 27.7 Å². The van der Waals surface area contributed by atoms with Gasteiger partial charge in [0.05, 0.1) is 0 Å². The van der Waals surface area contributed by atoms with Gasteiger partial charge in [0.15, 0.2) is 0 Å². The zero-order chi connectivity index (χ0) is 13.1. The Morgan fingerprint density at radius 3 is 3.21 bits per heavy atom. The molecule has 7 heteroatoms. The first-order valence-electron chi connectivity index (χ1n) is 6.06. The van der Waals surface area contributed by atoms with Crippen molar-refractivity contribution in [1.82, 2.24) is 20.4 Å². The molecule has 0 radical (unpaired) electrons. The predicted octanol–water partition coefficient (Wildman–Crippen LogP) is 2.14. The second-order valence-electron chi connectivity index (χ2n) is 4.33. The van der Waals surface area contributed by atoms with Crippen LogP contribution in [0.5, 0.6) is 0 Å². The highest BCUT2D eigenvalue weighted by Crippen LogP contribution is 2.19. The molecule has 5 nitrogen and oxygen atoms in total. The molecule has 1 fully saturated rings. The number of nitrogens with one attached hydrogen (secondary N) is 1. The van der Waals surface area contributed by atoms with Crippen molar-refractivity contribution in [2.45, 2.75) is 12.5 Å². The van der Waals surface area contributed by atoms with Gasteiger partial charge >= 0.3 is 0 Å². The van der Waals surface area contributed by atoms with Gasteiger partial charge in [0.25, 0.3) is 0 Å². The van der Waals surface area contributed by atoms with Crippen LogP contribution in [0.15, 0.2) is 27.5 Å². The monoisotopic (exact) mass is 340 g/mol. The second kappa shape index (κ2) is 6.02. The number of hydrogen-bond acceptors (Lipinski definition) is 6. The SMILES string of the molecule is Brc1cncc(-c2noc(CC3CSCCN3)n2)c1. The average Bonchev–Trinajstić information content (AvgIpc) is 2.88. The molecule has 100 valence electrons. The fraction of sp³-hybridized carbons (Fsp3) is 0.417. The number of aromatic nitrogens is 3. The smallest absolute Gasteiger partial charge is 0.228 e. The van der Waals surface area contributed by atoms with Gasteiger partial charge < -0.3 is 9.84 Å². The molecule has 3 rings (SSSR count). The summed E-state index contributed by atoms with van der Waals surface area (Å²) in [6, 6.07) is 2.35. The molecule has 0 aromatic carbocycles. The third-order valence-electron chi connectivity index (χ3n) is 2.85. The maximum absolute atomic E-state index is 5.31. The van der Waals surface area contributed by atoms with Crippen LogP contribution in [-0.4, -0.2) is 39.2 Å². The van der Waals surface area contributed by atoms with Gasteiger partial charge in [-0.3, -0.25) is 4.98 Å². The van der Waals surface area contributed by atoms with E-state index in [2.05, 4.69) is 36.4 Å². The maximum Gasteiger partial charge on any atom is 0.228 e. The second-order valence-corrected chi connectivity index (χ2v) is 6.40. The molecule has 0 aliphatic carbocycles. The van der Waals surface area contributed by atoms with E-state index in [4.69, 9.17) is 4.52 Å². The highest BCUT2D eigenvalue weighted by atomic mass is 79.9. The number of thioether (sulfide) groups is 1. The normalized spacial score (nSPS) is 19.5. The van der Waals surface area contributed by atoms with E-state index in [1.165, 1.54) is 5.75 Å². The number of hydrogen-bond donors (Lipinski definition) is 1. The Hall–Kier alpha value is -0.920. The molecule has 1 N–H and O–H groups in total. The first-order valence-corrected chi connectivity index (χ1v) is 8.00. The lowest BCUT2D eigenvalue weighted by molar-refractivity contribution is 0.363. The first kappa shape index (κ1) is 13.1. The van der Waals surface area contributed by atoms with E-state index < -0.39 is 0 Å². The van der Waals surface area contributed by atoms with Crippen molar-refractivity contribution in [1.29, 1.82) is 0 Å². The molecule has 1 aliphatic heterocycles. The number of nitrogens with zero attached hydrogens (tertiary/aromatic N) is 3. The summed E-state index contributed by atoms with van der Waals surface area (Å²) in [6.07, 6.45) is 4.24. The van der Waals surface area contributed by atoms with Crippen LogP contribution in [-0.2, 0) is 6.42 Å². The van der Waals surface area contributed by atoms with Crippen LogP contribution in [0.1, 0.15) is 5.89 Å². The Bertz CT molecular complexity index is 556. The molecule has 19 heavy (non-hydrogen) atoms. The summed E-state index contributed by atoms with van der Waals surface area (Å²) < 4.78 is 6.21. The number of halogens is 1. The molecular weight excluding hydrogens is 328 g/mol. The highest BCUT2D eigenvalue weighted by Gasteiger charge is 2.17. The third kappa shape index (κ3) is 3.34. The van der Waals surface area contributed by atoms with Crippen LogP contribution in [0.2, 0.25) is 0 Å². The van der Waals surface area contributed by atoms with Crippen molar-refractivity contribution in [3.8, 4) is 11.4 Å². The zero-order valence-electron chi connectivity index (χ0n) is 10.2. The Morgan fingerprint density at radius 2 is 2.42 bits per heavy atom. The van der Waals surface area contributed by atoms with E-state index in [1.807, 2.05) is 17.8 Å². The van der Waals surface area contributed by atoms with E-state index in [0.717, 1.165) is 28.8 Å². The Kier molecular flexibility index (Phi) is 4.15. The van der Waals surface area contributed by atoms with E-state index in [-0.39, 0.29) is 0 Å². The maximum atomic E-state index is 5.31. The third-order valence-corrected chi connectivity index (χ3v) is 4.42. The number of pyridine rings is 1. The van der Waals surface area contributed by atoms with Gasteiger partial charge in [0.2, 0.25) is 11.7 Å². The largest absolute Gasteiger partial charge is 0.339 e. The minimum absolute atomic E-state index is 0.424. The van der Waals surface area contributed by atoms with Gasteiger partial charge in [-0.05, 0) is 22.0 Å². The minimum atomic E-state index is 0.424. The molecule has 2 aromatic rings. The van der Waals surface area contributed by atoms with Crippen LogP contribution in [0, 0.1) is 0 Å². The molecule has 1 atom stereocenters. The Labute approximate surface area is 123 Å². The summed E-state index contributed by atoms with van der Waals surface area (Å²) in [5, 5.41) is 7.47. The molecule has 0 spiro atoms. The van der Waals surface area contributed by atoms with Crippen molar-refractivity contribution in [3.63, 3.8) is 0 Å². The fourth-order valence-corrected chi connectivity index (χ4v) is 3.26. The van der Waals surface area contributed by atoms with Crippen LogP contribution >= 0.6 is 27.7 Å². The van der Waals surface area contributed by atoms with Gasteiger partial charge in [-0.15, -0.1) is 0 Å². The van der Waals surface area contributed by atoms with Crippen molar-refractivity contribution < 1.29 is 4.52 Å². The van der Waals surface area contributed by atoms with Crippen molar-refractivity contribution in [2.75, 3.05) is 18.1 Å². The zero-order valence-corrected chi connectivity index (χ0v) is 12.6. The van der Waals surface area contributed by atoms with Gasteiger partial charge in [-0.1, -0.05) is 5.16 Å². The quantitative estimate of drug-likeness (QED) is 0.923. The van der Waals surface area contributed by atoms with Gasteiger partial charge in [-0.2, -0.15) is 16.7 Å². The molecule has 1 aliphatic rings. The molecule has 2 aromatic heterocycles. The average molecular weight is 341 g/mol. The molecular formula is C12H13BrN4OS.